The zero-order valence-corrected chi connectivity index (χ0v) is 15.3. The molecule has 1 aromatic rings. The number of aromatic nitrogens is 2. The van der Waals surface area contributed by atoms with Gasteiger partial charge in [-0.15, -0.1) is 0 Å². The van der Waals surface area contributed by atoms with E-state index in [1.54, 1.807) is 30.4 Å². The Hall–Kier alpha value is -2.57. The highest BCUT2D eigenvalue weighted by Crippen LogP contribution is 2.39. The minimum Gasteiger partial charge on any atom is -0.340 e. The summed E-state index contributed by atoms with van der Waals surface area (Å²) < 4.78 is 0. The summed E-state index contributed by atoms with van der Waals surface area (Å²) in [7, 11) is 1.80. The van der Waals surface area contributed by atoms with Crippen LogP contribution in [0.15, 0.2) is 17.3 Å². The van der Waals surface area contributed by atoms with Crippen LogP contribution in [0.2, 0.25) is 0 Å². The summed E-state index contributed by atoms with van der Waals surface area (Å²) in [5.74, 6) is 1.45. The molecule has 0 bridgehead atoms. The van der Waals surface area contributed by atoms with Crippen molar-refractivity contribution in [2.24, 2.45) is 4.99 Å². The molecule has 7 heteroatoms. The Balaban J connectivity index is 1.82. The van der Waals surface area contributed by atoms with Gasteiger partial charge < -0.3 is 15.2 Å². The fraction of sp³-hybridized carbons (Fsp3) is 0.526. The van der Waals surface area contributed by atoms with Crippen molar-refractivity contribution in [2.45, 2.75) is 57.5 Å². The van der Waals surface area contributed by atoms with Gasteiger partial charge in [0.2, 0.25) is 5.91 Å². The standard InChI is InChI=1S/C19H24N6O/c1-3-15-19(26)24(2)16-11-22-17(14-10-12(20)8-9-21-14)23-18(16)25(15)13-6-4-5-7-13/h9-11,13,15,20H,3-8H2,1-2H3/t15-/m1/s1. The van der Waals surface area contributed by atoms with Crippen molar-refractivity contribution in [1.82, 2.24) is 9.97 Å². The molecule has 1 saturated carbocycles. The van der Waals surface area contributed by atoms with E-state index in [1.165, 1.54) is 12.8 Å². The summed E-state index contributed by atoms with van der Waals surface area (Å²) in [6.07, 6.45) is 11.0. The predicted molar refractivity (Wildman–Crippen MR) is 103 cm³/mol. The maximum atomic E-state index is 12.9. The first kappa shape index (κ1) is 16.9. The molecule has 136 valence electrons. The van der Waals surface area contributed by atoms with Gasteiger partial charge in [0.1, 0.15) is 17.4 Å². The molecule has 3 heterocycles. The van der Waals surface area contributed by atoms with Crippen LogP contribution in [0.5, 0.6) is 0 Å². The van der Waals surface area contributed by atoms with Gasteiger partial charge in [0.05, 0.1) is 6.20 Å². The molecular weight excluding hydrogens is 328 g/mol. The lowest BCUT2D eigenvalue weighted by molar-refractivity contribution is -0.120. The Bertz CT molecular complexity index is 808. The zero-order valence-electron chi connectivity index (χ0n) is 15.3. The second-order valence-electron chi connectivity index (χ2n) is 7.14. The number of nitrogens with zero attached hydrogens (tertiary/aromatic N) is 5. The van der Waals surface area contributed by atoms with Crippen molar-refractivity contribution in [1.29, 1.82) is 5.41 Å². The molecule has 7 nitrogen and oxygen atoms in total. The number of rotatable bonds is 3. The summed E-state index contributed by atoms with van der Waals surface area (Å²) in [5.41, 5.74) is 1.87. The first-order valence-corrected chi connectivity index (χ1v) is 9.35. The third-order valence-electron chi connectivity index (χ3n) is 5.49. The van der Waals surface area contributed by atoms with Crippen LogP contribution in [-0.2, 0) is 4.79 Å². The van der Waals surface area contributed by atoms with Gasteiger partial charge in [-0.3, -0.25) is 9.79 Å². The molecule has 3 aliphatic rings. The van der Waals surface area contributed by atoms with Gasteiger partial charge in [-0.2, -0.15) is 0 Å². The van der Waals surface area contributed by atoms with E-state index < -0.39 is 0 Å². The van der Waals surface area contributed by atoms with Gasteiger partial charge in [0, 0.05) is 31.4 Å². The molecule has 4 rings (SSSR count). The van der Waals surface area contributed by atoms with Crippen LogP contribution in [0.4, 0.5) is 11.5 Å². The molecule has 1 fully saturated rings. The SMILES string of the molecule is CC[C@@H]1C(=O)N(C)c2cnc(C3=CC(=N)CC=N3)nc2N1C1CCCC1. The smallest absolute Gasteiger partial charge is 0.249 e. The van der Waals surface area contributed by atoms with Crippen LogP contribution in [0.3, 0.4) is 0 Å². The number of amides is 1. The second kappa shape index (κ2) is 6.63. The second-order valence-corrected chi connectivity index (χ2v) is 7.14. The Morgan fingerprint density at radius 1 is 1.31 bits per heavy atom. The first-order chi connectivity index (χ1) is 12.6. The average molecular weight is 352 g/mol. The number of fused-ring (bicyclic) bond motifs is 1. The highest BCUT2D eigenvalue weighted by atomic mass is 16.2. The number of aliphatic imine (C=N–C) groups is 1. The van der Waals surface area contributed by atoms with E-state index in [9.17, 15) is 4.79 Å². The summed E-state index contributed by atoms with van der Waals surface area (Å²) in [5, 5.41) is 7.87. The van der Waals surface area contributed by atoms with Crippen molar-refractivity contribution in [3.05, 3.63) is 18.1 Å². The van der Waals surface area contributed by atoms with Crippen LogP contribution in [0, 0.1) is 5.41 Å². The van der Waals surface area contributed by atoms with Crippen LogP contribution >= 0.6 is 0 Å². The minimum absolute atomic E-state index is 0.111. The Morgan fingerprint density at radius 3 is 2.77 bits per heavy atom. The van der Waals surface area contributed by atoms with E-state index in [2.05, 4.69) is 21.8 Å². The first-order valence-electron chi connectivity index (χ1n) is 9.35. The van der Waals surface area contributed by atoms with Gasteiger partial charge in [-0.05, 0) is 25.3 Å². The molecule has 0 spiro atoms. The highest BCUT2D eigenvalue weighted by molar-refractivity contribution is 6.09. The normalized spacial score (nSPS) is 23.5. The fourth-order valence-corrected chi connectivity index (χ4v) is 4.13. The van der Waals surface area contributed by atoms with Crippen LogP contribution in [0.25, 0.3) is 5.70 Å². The molecule has 0 aromatic carbocycles. The molecule has 0 saturated heterocycles. The van der Waals surface area contributed by atoms with Crippen LogP contribution in [0.1, 0.15) is 51.3 Å². The molecule has 1 aromatic heterocycles. The number of likely N-dealkylation sites (N-methyl/N-ethyl adjacent to an activating group) is 1. The number of carbonyl (C=O) groups excluding carboxylic acids is 1. The van der Waals surface area contributed by atoms with Crippen molar-refractivity contribution in [3.8, 4) is 0 Å². The Labute approximate surface area is 153 Å². The maximum absolute atomic E-state index is 12.9. The van der Waals surface area contributed by atoms with Gasteiger partial charge in [-0.25, -0.2) is 9.97 Å². The number of carbonyl (C=O) groups is 1. The van der Waals surface area contributed by atoms with Crippen molar-refractivity contribution in [2.75, 3.05) is 16.8 Å². The molecule has 1 aliphatic carbocycles. The summed E-state index contributed by atoms with van der Waals surface area (Å²) in [4.78, 5) is 30.4. The number of hydrogen-bond acceptors (Lipinski definition) is 6. The molecular formula is C19H24N6O. The lowest BCUT2D eigenvalue weighted by Crippen LogP contribution is -2.55. The van der Waals surface area contributed by atoms with Gasteiger partial charge in [-0.1, -0.05) is 19.8 Å². The fourth-order valence-electron chi connectivity index (χ4n) is 4.13. The third-order valence-corrected chi connectivity index (χ3v) is 5.49. The highest BCUT2D eigenvalue weighted by Gasteiger charge is 2.41. The van der Waals surface area contributed by atoms with E-state index in [0.717, 1.165) is 30.8 Å². The van der Waals surface area contributed by atoms with E-state index >= 15 is 0 Å². The lowest BCUT2D eigenvalue weighted by Gasteiger charge is -2.43. The molecule has 1 N–H and O–H groups in total. The van der Waals surface area contributed by atoms with Crippen LogP contribution < -0.4 is 9.80 Å². The number of allylic oxidation sites excluding steroid dienone is 1. The summed E-state index contributed by atoms with van der Waals surface area (Å²) in [6.45, 7) is 2.06. The van der Waals surface area contributed by atoms with Gasteiger partial charge >= 0.3 is 0 Å². The van der Waals surface area contributed by atoms with E-state index in [1.807, 2.05) is 0 Å². The molecule has 0 radical (unpaired) electrons. The molecule has 26 heavy (non-hydrogen) atoms. The largest absolute Gasteiger partial charge is 0.340 e. The maximum Gasteiger partial charge on any atom is 0.249 e. The molecule has 1 amide bonds. The Kier molecular flexibility index (Phi) is 4.30. The van der Waals surface area contributed by atoms with Gasteiger partial charge in [0.25, 0.3) is 0 Å². The third kappa shape index (κ3) is 2.71. The van der Waals surface area contributed by atoms with Crippen molar-refractivity contribution < 1.29 is 4.79 Å². The topological polar surface area (TPSA) is 85.5 Å². The average Bonchev–Trinajstić information content (AvgIpc) is 3.18. The van der Waals surface area contributed by atoms with E-state index in [0.29, 0.717) is 29.7 Å². The number of hydrogen-bond donors (Lipinski definition) is 1. The zero-order chi connectivity index (χ0) is 18.3. The quantitative estimate of drug-likeness (QED) is 0.906. The number of anilines is 2. The molecule has 0 unspecified atom stereocenters. The van der Waals surface area contributed by atoms with Crippen LogP contribution in [-0.4, -0.2) is 46.9 Å². The van der Waals surface area contributed by atoms with E-state index in [4.69, 9.17) is 10.4 Å². The monoisotopic (exact) mass is 352 g/mol. The number of nitrogens with one attached hydrogen (secondary N) is 1. The Morgan fingerprint density at radius 2 is 2.08 bits per heavy atom. The summed E-state index contributed by atoms with van der Waals surface area (Å²) in [6, 6.07) is 0.168. The predicted octanol–water partition coefficient (Wildman–Crippen LogP) is 2.82. The van der Waals surface area contributed by atoms with Gasteiger partial charge in [0.15, 0.2) is 11.6 Å². The minimum atomic E-state index is -0.180. The van der Waals surface area contributed by atoms with Crippen molar-refractivity contribution >= 4 is 35.0 Å². The summed E-state index contributed by atoms with van der Waals surface area (Å²) >= 11 is 0. The lowest BCUT2D eigenvalue weighted by atomic mass is 10.0. The molecule has 1 atom stereocenters. The molecule has 2 aliphatic heterocycles. The van der Waals surface area contributed by atoms with E-state index in [-0.39, 0.29) is 11.9 Å². The van der Waals surface area contributed by atoms with Crippen molar-refractivity contribution in [3.63, 3.8) is 0 Å².